The van der Waals surface area contributed by atoms with E-state index in [1.165, 1.54) is 12.1 Å². The fourth-order valence-corrected chi connectivity index (χ4v) is 3.03. The van der Waals surface area contributed by atoms with E-state index in [-0.39, 0.29) is 89.3 Å². The molecule has 35 heavy (non-hydrogen) atoms. The SMILES string of the molecule is CN(Cc1cnc2nc(N)nc(N)c2n1)c1ccc(C(=O)NC(CCC(=O)O)C(=O)O)cc1.[NaH].[NaH]. The fourth-order valence-electron chi connectivity index (χ4n) is 3.03. The number of carbonyl (C=O) groups is 3. The Kier molecular flexibility index (Phi) is 11.8. The molecule has 0 saturated carbocycles. The molecule has 0 radical (unpaired) electrons. The van der Waals surface area contributed by atoms with Crippen LogP contribution in [-0.4, -0.2) is 120 Å². The van der Waals surface area contributed by atoms with Crippen LogP contribution in [-0.2, 0) is 16.1 Å². The van der Waals surface area contributed by atoms with E-state index < -0.39 is 23.9 Å². The van der Waals surface area contributed by atoms with Gasteiger partial charge in [0.15, 0.2) is 17.0 Å². The number of rotatable bonds is 9. The second-order valence-corrected chi connectivity index (χ2v) is 7.20. The first-order valence-electron chi connectivity index (χ1n) is 9.75. The number of carboxylic acid groups (broad SMARTS) is 2. The molecule has 0 saturated heterocycles. The summed E-state index contributed by atoms with van der Waals surface area (Å²) >= 11 is 0. The summed E-state index contributed by atoms with van der Waals surface area (Å²) in [4.78, 5) is 52.7. The van der Waals surface area contributed by atoms with Crippen LogP contribution in [0.3, 0.4) is 0 Å². The number of benzene rings is 1. The predicted octanol–water partition coefficient (Wildman–Crippen LogP) is -1.03. The number of nitrogens with one attached hydrogen (secondary N) is 1. The average Bonchev–Trinajstić information content (AvgIpc) is 2.76. The third-order valence-electron chi connectivity index (χ3n) is 4.72. The zero-order chi connectivity index (χ0) is 24.1. The van der Waals surface area contributed by atoms with Crippen LogP contribution in [0.15, 0.2) is 30.5 Å². The van der Waals surface area contributed by atoms with Crippen molar-refractivity contribution >= 4 is 106 Å². The van der Waals surface area contributed by atoms with Gasteiger partial charge in [0, 0.05) is 24.7 Å². The first-order valence-corrected chi connectivity index (χ1v) is 9.75. The van der Waals surface area contributed by atoms with Crippen LogP contribution in [0, 0.1) is 0 Å². The van der Waals surface area contributed by atoms with E-state index in [1.54, 1.807) is 18.3 Å². The summed E-state index contributed by atoms with van der Waals surface area (Å²) in [6.07, 6.45) is 0.964. The molecule has 0 aliphatic heterocycles. The third-order valence-corrected chi connectivity index (χ3v) is 4.72. The Labute approximate surface area is 244 Å². The van der Waals surface area contributed by atoms with E-state index in [4.69, 9.17) is 16.6 Å². The third kappa shape index (κ3) is 8.26. The summed E-state index contributed by atoms with van der Waals surface area (Å²) < 4.78 is 0. The molecule has 1 unspecified atom stereocenters. The molecular formula is C20H24N8Na2O5. The normalized spacial score (nSPS) is 11.0. The molecule has 1 amide bonds. The first kappa shape index (κ1) is 30.5. The number of aromatic nitrogens is 4. The summed E-state index contributed by atoms with van der Waals surface area (Å²) in [6, 6.07) is 5.16. The number of carbonyl (C=O) groups excluding carboxylic acids is 1. The summed E-state index contributed by atoms with van der Waals surface area (Å²) in [5, 5.41) is 20.2. The molecule has 0 aliphatic rings. The molecule has 2 heterocycles. The number of carboxylic acids is 2. The minimum atomic E-state index is -1.30. The minimum absolute atomic E-state index is 0. The molecule has 3 rings (SSSR count). The Bertz CT molecular complexity index is 1210. The molecule has 0 aliphatic carbocycles. The molecule has 1 atom stereocenters. The molecule has 176 valence electrons. The van der Waals surface area contributed by atoms with Crippen molar-refractivity contribution in [2.24, 2.45) is 0 Å². The predicted molar refractivity (Wildman–Crippen MR) is 133 cm³/mol. The number of anilines is 3. The average molecular weight is 502 g/mol. The Hall–Kier alpha value is -2.55. The Balaban J connectivity index is 0.00000306. The second-order valence-electron chi connectivity index (χ2n) is 7.20. The van der Waals surface area contributed by atoms with Gasteiger partial charge >= 0.3 is 71.1 Å². The molecular weight excluding hydrogens is 478 g/mol. The van der Waals surface area contributed by atoms with Crippen molar-refractivity contribution < 1.29 is 24.6 Å². The van der Waals surface area contributed by atoms with Gasteiger partial charge in [-0.15, -0.1) is 0 Å². The van der Waals surface area contributed by atoms with Crippen LogP contribution in [0.5, 0.6) is 0 Å². The number of nitrogens with two attached hydrogens (primary N) is 2. The fraction of sp³-hybridized carbons (Fsp3) is 0.250. The Morgan fingerprint density at radius 2 is 1.71 bits per heavy atom. The van der Waals surface area contributed by atoms with Crippen molar-refractivity contribution in [1.82, 2.24) is 25.3 Å². The molecule has 0 spiro atoms. The Morgan fingerprint density at radius 1 is 1.06 bits per heavy atom. The number of hydrogen-bond acceptors (Lipinski definition) is 10. The topological polar surface area (TPSA) is 211 Å². The van der Waals surface area contributed by atoms with Gasteiger partial charge in [-0.1, -0.05) is 0 Å². The van der Waals surface area contributed by atoms with Crippen LogP contribution in [0.2, 0.25) is 0 Å². The van der Waals surface area contributed by atoms with E-state index in [9.17, 15) is 19.5 Å². The van der Waals surface area contributed by atoms with Gasteiger partial charge in [-0.3, -0.25) is 9.59 Å². The maximum absolute atomic E-state index is 12.4. The van der Waals surface area contributed by atoms with Gasteiger partial charge < -0.3 is 31.9 Å². The second kappa shape index (κ2) is 13.5. The number of hydrogen-bond donors (Lipinski definition) is 5. The zero-order valence-corrected chi connectivity index (χ0v) is 17.6. The van der Waals surface area contributed by atoms with Gasteiger partial charge in [0.2, 0.25) is 5.95 Å². The quantitative estimate of drug-likeness (QED) is 0.222. The van der Waals surface area contributed by atoms with Crippen molar-refractivity contribution in [3.8, 4) is 0 Å². The van der Waals surface area contributed by atoms with Gasteiger partial charge in [-0.25, -0.2) is 14.8 Å². The molecule has 1 aromatic carbocycles. The molecule has 2 aromatic heterocycles. The van der Waals surface area contributed by atoms with Crippen LogP contribution in [0.25, 0.3) is 11.2 Å². The summed E-state index contributed by atoms with van der Waals surface area (Å²) in [6.45, 7) is 0.370. The molecule has 13 nitrogen and oxygen atoms in total. The van der Waals surface area contributed by atoms with Gasteiger partial charge in [0.1, 0.15) is 6.04 Å². The Morgan fingerprint density at radius 3 is 2.31 bits per heavy atom. The van der Waals surface area contributed by atoms with Crippen LogP contribution >= 0.6 is 0 Å². The molecule has 0 bridgehead atoms. The number of nitrogens with zero attached hydrogens (tertiary/aromatic N) is 5. The number of nitrogen functional groups attached to an aromatic ring is 2. The maximum atomic E-state index is 12.4. The first-order chi connectivity index (χ1) is 15.6. The van der Waals surface area contributed by atoms with Crippen LogP contribution in [0.4, 0.5) is 17.5 Å². The summed E-state index contributed by atoms with van der Waals surface area (Å²) in [5.41, 5.74) is 13.7. The van der Waals surface area contributed by atoms with Gasteiger partial charge in [-0.2, -0.15) is 9.97 Å². The zero-order valence-electron chi connectivity index (χ0n) is 17.6. The standard InChI is InChI=1S/C20H22N8O5.2Na.2H/c1-28(9-11-8-23-17-15(24-11)16(21)26-20(22)27-17)12-4-2-10(3-5-12)18(31)25-13(19(32)33)6-7-14(29)30;;;;/h2-5,8,13H,6-7,9H2,1H3,(H,25,31)(H,29,30)(H,32,33)(H4,21,22,23,26,27);;;;. The van der Waals surface area contributed by atoms with E-state index in [1.807, 2.05) is 11.9 Å². The van der Waals surface area contributed by atoms with E-state index in [0.29, 0.717) is 23.4 Å². The van der Waals surface area contributed by atoms with Crippen molar-refractivity contribution in [3.63, 3.8) is 0 Å². The monoisotopic (exact) mass is 502 g/mol. The van der Waals surface area contributed by atoms with Gasteiger partial charge in [-0.05, 0) is 30.7 Å². The van der Waals surface area contributed by atoms with Crippen molar-refractivity contribution in [3.05, 3.63) is 41.7 Å². The van der Waals surface area contributed by atoms with E-state index in [2.05, 4.69) is 25.3 Å². The molecule has 15 heteroatoms. The van der Waals surface area contributed by atoms with E-state index >= 15 is 0 Å². The number of fused-ring (bicyclic) bond motifs is 1. The number of amides is 1. The summed E-state index contributed by atoms with van der Waals surface area (Å²) in [7, 11) is 1.82. The van der Waals surface area contributed by atoms with Gasteiger partial charge in [0.25, 0.3) is 5.91 Å². The van der Waals surface area contributed by atoms with Gasteiger partial charge in [0.05, 0.1) is 18.4 Å². The molecule has 3 aromatic rings. The van der Waals surface area contributed by atoms with E-state index in [0.717, 1.165) is 5.69 Å². The van der Waals surface area contributed by atoms with Crippen molar-refractivity contribution in [1.29, 1.82) is 0 Å². The summed E-state index contributed by atoms with van der Waals surface area (Å²) in [5.74, 6) is -2.91. The van der Waals surface area contributed by atoms with Crippen LogP contribution < -0.4 is 21.7 Å². The van der Waals surface area contributed by atoms with Crippen molar-refractivity contribution in [2.45, 2.75) is 25.4 Å². The molecule has 0 fully saturated rings. The number of aliphatic carboxylic acids is 2. The molecule has 7 N–H and O–H groups in total. The van der Waals surface area contributed by atoms with Crippen molar-refractivity contribution in [2.75, 3.05) is 23.4 Å². The van der Waals surface area contributed by atoms with Crippen LogP contribution in [0.1, 0.15) is 28.9 Å².